The van der Waals surface area contributed by atoms with E-state index in [9.17, 15) is 4.79 Å². The van der Waals surface area contributed by atoms with Gasteiger partial charge in [0, 0.05) is 31.1 Å². The first-order valence-electron chi connectivity index (χ1n) is 5.23. The number of benzene rings is 1. The Kier molecular flexibility index (Phi) is 4.77. The van der Waals surface area contributed by atoms with Gasteiger partial charge in [0.2, 0.25) is 5.91 Å². The van der Waals surface area contributed by atoms with Gasteiger partial charge in [-0.25, -0.2) is 0 Å². The Hall–Kier alpha value is -1.06. The Morgan fingerprint density at radius 3 is 2.50 bits per heavy atom. The van der Waals surface area contributed by atoms with E-state index in [1.165, 1.54) is 0 Å². The van der Waals surface area contributed by atoms with Crippen LogP contribution in [-0.4, -0.2) is 23.9 Å². The average molecular weight is 241 g/mol. The van der Waals surface area contributed by atoms with Crippen LogP contribution in [-0.2, 0) is 11.3 Å². The molecule has 1 aromatic carbocycles. The predicted molar refractivity (Wildman–Crippen MR) is 66.2 cm³/mol. The van der Waals surface area contributed by atoms with Gasteiger partial charge >= 0.3 is 0 Å². The zero-order chi connectivity index (χ0) is 12.1. The highest BCUT2D eigenvalue weighted by atomic mass is 35.5. The van der Waals surface area contributed by atoms with Crippen molar-refractivity contribution in [2.75, 3.05) is 7.05 Å². The van der Waals surface area contributed by atoms with Crippen LogP contribution in [0.5, 0.6) is 0 Å². The van der Waals surface area contributed by atoms with Crippen molar-refractivity contribution in [3.8, 4) is 0 Å². The standard InChI is InChI=1S/C12H17ClN2O/c1-9(14)7-12(16)15(2)8-10-3-5-11(13)6-4-10/h3-6,9H,7-8,14H2,1-2H3. The first kappa shape index (κ1) is 13.0. The molecule has 0 heterocycles. The van der Waals surface area contributed by atoms with Crippen molar-refractivity contribution in [1.82, 2.24) is 4.90 Å². The fraction of sp³-hybridized carbons (Fsp3) is 0.417. The Morgan fingerprint density at radius 2 is 2.00 bits per heavy atom. The molecule has 1 amide bonds. The molecule has 1 rings (SSSR count). The van der Waals surface area contributed by atoms with Gasteiger partial charge in [0.1, 0.15) is 0 Å². The fourth-order valence-electron chi connectivity index (χ4n) is 1.38. The van der Waals surface area contributed by atoms with Gasteiger partial charge in [-0.2, -0.15) is 0 Å². The number of amides is 1. The predicted octanol–water partition coefficient (Wildman–Crippen LogP) is 2.04. The lowest BCUT2D eigenvalue weighted by Crippen LogP contribution is -2.31. The van der Waals surface area contributed by atoms with Crippen molar-refractivity contribution in [2.45, 2.75) is 25.9 Å². The average Bonchev–Trinajstić information content (AvgIpc) is 2.20. The summed E-state index contributed by atoms with van der Waals surface area (Å²) in [4.78, 5) is 13.3. The number of halogens is 1. The van der Waals surface area contributed by atoms with Crippen LogP contribution in [0, 0.1) is 0 Å². The number of rotatable bonds is 4. The molecule has 0 aliphatic rings. The molecule has 0 radical (unpaired) electrons. The van der Waals surface area contributed by atoms with Gasteiger partial charge in [-0.1, -0.05) is 23.7 Å². The number of carbonyl (C=O) groups is 1. The lowest BCUT2D eigenvalue weighted by atomic mass is 10.2. The lowest BCUT2D eigenvalue weighted by molar-refractivity contribution is -0.130. The Balaban J connectivity index is 2.53. The highest BCUT2D eigenvalue weighted by Gasteiger charge is 2.10. The van der Waals surface area contributed by atoms with Crippen LogP contribution < -0.4 is 5.73 Å². The van der Waals surface area contributed by atoms with Crippen molar-refractivity contribution in [3.05, 3.63) is 34.9 Å². The summed E-state index contributed by atoms with van der Waals surface area (Å²) in [6.45, 7) is 2.41. The third-order valence-corrected chi connectivity index (χ3v) is 2.51. The molecular formula is C12H17ClN2O. The smallest absolute Gasteiger partial charge is 0.224 e. The number of hydrogen-bond donors (Lipinski definition) is 1. The van der Waals surface area contributed by atoms with E-state index in [2.05, 4.69) is 0 Å². The zero-order valence-corrected chi connectivity index (χ0v) is 10.4. The second-order valence-corrected chi connectivity index (χ2v) is 4.49. The summed E-state index contributed by atoms with van der Waals surface area (Å²) in [5.41, 5.74) is 6.64. The molecule has 1 aromatic rings. The quantitative estimate of drug-likeness (QED) is 0.876. The summed E-state index contributed by atoms with van der Waals surface area (Å²) < 4.78 is 0. The first-order valence-corrected chi connectivity index (χ1v) is 5.61. The summed E-state index contributed by atoms with van der Waals surface area (Å²) in [6, 6.07) is 7.37. The summed E-state index contributed by atoms with van der Waals surface area (Å²) in [5, 5.41) is 0.702. The fourth-order valence-corrected chi connectivity index (χ4v) is 1.51. The van der Waals surface area contributed by atoms with Crippen LogP contribution >= 0.6 is 11.6 Å². The van der Waals surface area contributed by atoms with Crippen LogP contribution in [0.1, 0.15) is 18.9 Å². The van der Waals surface area contributed by atoms with Gasteiger partial charge in [0.25, 0.3) is 0 Å². The first-order chi connectivity index (χ1) is 7.49. The molecule has 0 saturated carbocycles. The van der Waals surface area contributed by atoms with Gasteiger partial charge in [-0.05, 0) is 24.6 Å². The Morgan fingerprint density at radius 1 is 1.44 bits per heavy atom. The molecule has 0 saturated heterocycles. The zero-order valence-electron chi connectivity index (χ0n) is 9.61. The van der Waals surface area contributed by atoms with Gasteiger partial charge in [0.15, 0.2) is 0 Å². The molecule has 0 aliphatic carbocycles. The summed E-state index contributed by atoms with van der Waals surface area (Å²) >= 11 is 5.78. The van der Waals surface area contributed by atoms with Crippen LogP contribution in [0.4, 0.5) is 0 Å². The molecule has 0 aromatic heterocycles. The minimum atomic E-state index is -0.0971. The lowest BCUT2D eigenvalue weighted by Gasteiger charge is -2.18. The maximum absolute atomic E-state index is 11.6. The molecule has 0 aliphatic heterocycles. The summed E-state index contributed by atoms with van der Waals surface area (Å²) in [7, 11) is 1.78. The molecule has 4 heteroatoms. The van der Waals surface area contributed by atoms with E-state index in [0.717, 1.165) is 5.56 Å². The topological polar surface area (TPSA) is 46.3 Å². The molecule has 1 unspecified atom stereocenters. The van der Waals surface area contributed by atoms with Crippen molar-refractivity contribution >= 4 is 17.5 Å². The number of carbonyl (C=O) groups excluding carboxylic acids is 1. The van der Waals surface area contributed by atoms with Gasteiger partial charge in [0.05, 0.1) is 0 Å². The third kappa shape index (κ3) is 4.21. The minimum absolute atomic E-state index is 0.0601. The van der Waals surface area contributed by atoms with E-state index in [1.54, 1.807) is 11.9 Å². The van der Waals surface area contributed by atoms with E-state index in [-0.39, 0.29) is 11.9 Å². The van der Waals surface area contributed by atoms with E-state index >= 15 is 0 Å². The number of nitrogens with zero attached hydrogens (tertiary/aromatic N) is 1. The molecule has 16 heavy (non-hydrogen) atoms. The monoisotopic (exact) mass is 240 g/mol. The molecule has 88 valence electrons. The van der Waals surface area contributed by atoms with E-state index in [0.29, 0.717) is 18.0 Å². The van der Waals surface area contributed by atoms with Crippen LogP contribution in [0.2, 0.25) is 5.02 Å². The Labute approximate surface area is 101 Å². The molecule has 0 spiro atoms. The second kappa shape index (κ2) is 5.87. The SMILES string of the molecule is CC(N)CC(=O)N(C)Cc1ccc(Cl)cc1. The minimum Gasteiger partial charge on any atom is -0.341 e. The van der Waals surface area contributed by atoms with E-state index < -0.39 is 0 Å². The van der Waals surface area contributed by atoms with E-state index in [4.69, 9.17) is 17.3 Å². The Bertz CT molecular complexity index is 349. The summed E-state index contributed by atoms with van der Waals surface area (Å²) in [6.07, 6.45) is 0.379. The second-order valence-electron chi connectivity index (χ2n) is 4.06. The largest absolute Gasteiger partial charge is 0.341 e. The van der Waals surface area contributed by atoms with Crippen LogP contribution in [0.25, 0.3) is 0 Å². The van der Waals surface area contributed by atoms with Crippen molar-refractivity contribution in [2.24, 2.45) is 5.73 Å². The number of hydrogen-bond acceptors (Lipinski definition) is 2. The normalized spacial score (nSPS) is 12.2. The van der Waals surface area contributed by atoms with Gasteiger partial charge in [-0.15, -0.1) is 0 Å². The maximum atomic E-state index is 11.6. The van der Waals surface area contributed by atoms with Crippen LogP contribution in [0.15, 0.2) is 24.3 Å². The van der Waals surface area contributed by atoms with Gasteiger partial charge < -0.3 is 10.6 Å². The number of nitrogens with two attached hydrogens (primary N) is 1. The van der Waals surface area contributed by atoms with Crippen molar-refractivity contribution < 1.29 is 4.79 Å². The van der Waals surface area contributed by atoms with Crippen LogP contribution in [0.3, 0.4) is 0 Å². The van der Waals surface area contributed by atoms with E-state index in [1.807, 2.05) is 31.2 Å². The van der Waals surface area contributed by atoms with Crippen molar-refractivity contribution in [3.63, 3.8) is 0 Å². The molecule has 0 fully saturated rings. The maximum Gasteiger partial charge on any atom is 0.224 e. The highest BCUT2D eigenvalue weighted by molar-refractivity contribution is 6.30. The summed E-state index contributed by atoms with van der Waals surface area (Å²) in [5.74, 6) is 0.0601. The molecule has 1 atom stereocenters. The molecule has 3 nitrogen and oxygen atoms in total. The molecular weight excluding hydrogens is 224 g/mol. The van der Waals surface area contributed by atoms with Gasteiger partial charge in [-0.3, -0.25) is 4.79 Å². The molecule has 2 N–H and O–H groups in total. The molecule has 0 bridgehead atoms. The van der Waals surface area contributed by atoms with Crippen molar-refractivity contribution in [1.29, 1.82) is 0 Å². The third-order valence-electron chi connectivity index (χ3n) is 2.26. The highest BCUT2D eigenvalue weighted by Crippen LogP contribution is 2.11.